The van der Waals surface area contributed by atoms with E-state index in [1.807, 2.05) is 18.2 Å². The monoisotopic (exact) mass is 232 g/mol. The highest BCUT2D eigenvalue weighted by Gasteiger charge is 2.39. The first-order valence-corrected chi connectivity index (χ1v) is 6.55. The predicted octanol–water partition coefficient (Wildman–Crippen LogP) is 1.93. The van der Waals surface area contributed by atoms with E-state index < -0.39 is 0 Å². The molecule has 1 aromatic carbocycles. The maximum Gasteiger partial charge on any atom is 0.0749 e. The third-order valence-electron chi connectivity index (χ3n) is 4.20. The molecule has 3 rings (SSSR count). The van der Waals surface area contributed by atoms with Crippen molar-refractivity contribution in [2.24, 2.45) is 0 Å². The second kappa shape index (κ2) is 4.31. The minimum atomic E-state index is -0.239. The Hall–Kier alpha value is -1.06. The van der Waals surface area contributed by atoms with Gasteiger partial charge in [0.1, 0.15) is 0 Å². The maximum absolute atomic E-state index is 10.2. The number of nitrogens with zero attached hydrogens (tertiary/aromatic N) is 1. The van der Waals surface area contributed by atoms with Gasteiger partial charge in [0, 0.05) is 18.3 Å². The van der Waals surface area contributed by atoms with E-state index in [1.165, 1.54) is 24.8 Å². The van der Waals surface area contributed by atoms with Gasteiger partial charge in [-0.25, -0.2) is 0 Å². The van der Waals surface area contributed by atoms with Crippen LogP contribution < -0.4 is 5.73 Å². The van der Waals surface area contributed by atoms with Crippen molar-refractivity contribution >= 4 is 5.69 Å². The molecule has 1 aliphatic carbocycles. The molecule has 92 valence electrons. The molecular formula is C14H20N2O. The number of likely N-dealkylation sites (tertiary alicyclic amines) is 1. The summed E-state index contributed by atoms with van der Waals surface area (Å²) in [5, 5.41) is 10.2. The Morgan fingerprint density at radius 2 is 2.06 bits per heavy atom. The smallest absolute Gasteiger partial charge is 0.0749 e. The molecule has 2 atom stereocenters. The molecule has 0 amide bonds. The number of aliphatic hydroxyl groups is 1. The van der Waals surface area contributed by atoms with E-state index in [-0.39, 0.29) is 12.1 Å². The van der Waals surface area contributed by atoms with Crippen LogP contribution in [0.3, 0.4) is 0 Å². The summed E-state index contributed by atoms with van der Waals surface area (Å²) in [4.78, 5) is 2.48. The largest absolute Gasteiger partial charge is 0.399 e. The molecule has 1 aromatic rings. The van der Waals surface area contributed by atoms with Gasteiger partial charge in [-0.2, -0.15) is 0 Å². The van der Waals surface area contributed by atoms with Gasteiger partial charge in [-0.15, -0.1) is 0 Å². The summed E-state index contributed by atoms with van der Waals surface area (Å²) >= 11 is 0. The van der Waals surface area contributed by atoms with Crippen LogP contribution in [0.5, 0.6) is 0 Å². The van der Waals surface area contributed by atoms with Gasteiger partial charge in [0.05, 0.1) is 12.1 Å². The molecule has 1 saturated carbocycles. The Kier molecular flexibility index (Phi) is 2.81. The molecule has 0 radical (unpaired) electrons. The Morgan fingerprint density at radius 1 is 1.24 bits per heavy atom. The van der Waals surface area contributed by atoms with Crippen molar-refractivity contribution in [2.75, 3.05) is 12.3 Å². The van der Waals surface area contributed by atoms with Gasteiger partial charge < -0.3 is 10.8 Å². The summed E-state index contributed by atoms with van der Waals surface area (Å²) in [6, 6.07) is 8.81. The van der Waals surface area contributed by atoms with Crippen LogP contribution in [0.2, 0.25) is 0 Å². The first-order valence-electron chi connectivity index (χ1n) is 6.55. The highest BCUT2D eigenvalue weighted by Crippen LogP contribution is 2.39. The fraction of sp³-hybridized carbons (Fsp3) is 0.571. The van der Waals surface area contributed by atoms with Gasteiger partial charge >= 0.3 is 0 Å². The first-order chi connectivity index (χ1) is 8.25. The third-order valence-corrected chi connectivity index (χ3v) is 4.20. The van der Waals surface area contributed by atoms with Crippen molar-refractivity contribution in [1.82, 2.24) is 4.90 Å². The second-order valence-electron chi connectivity index (χ2n) is 5.29. The third kappa shape index (κ3) is 1.94. The number of anilines is 1. The van der Waals surface area contributed by atoms with Gasteiger partial charge in [-0.3, -0.25) is 4.90 Å². The molecule has 2 aliphatic rings. The predicted molar refractivity (Wildman–Crippen MR) is 68.6 cm³/mol. The number of hydrogen-bond donors (Lipinski definition) is 2. The molecule has 1 heterocycles. The molecule has 3 nitrogen and oxygen atoms in total. The van der Waals surface area contributed by atoms with E-state index in [1.54, 1.807) is 0 Å². The maximum atomic E-state index is 10.2. The quantitative estimate of drug-likeness (QED) is 0.766. The Bertz CT molecular complexity index is 403. The molecule has 2 fully saturated rings. The summed E-state index contributed by atoms with van der Waals surface area (Å²) in [6.07, 6.45) is 4.55. The molecule has 0 aromatic heterocycles. The van der Waals surface area contributed by atoms with E-state index in [9.17, 15) is 5.11 Å². The van der Waals surface area contributed by atoms with Crippen LogP contribution in [-0.4, -0.2) is 28.7 Å². The van der Waals surface area contributed by atoms with Gasteiger partial charge in [0.15, 0.2) is 0 Å². The van der Waals surface area contributed by atoms with Crippen molar-refractivity contribution in [3.05, 3.63) is 29.8 Å². The highest BCUT2D eigenvalue weighted by molar-refractivity contribution is 5.42. The Labute approximate surface area is 102 Å². The molecule has 0 bridgehead atoms. The van der Waals surface area contributed by atoms with E-state index in [4.69, 9.17) is 5.73 Å². The average molecular weight is 232 g/mol. The van der Waals surface area contributed by atoms with Crippen LogP contribution in [0.4, 0.5) is 5.69 Å². The van der Waals surface area contributed by atoms with Crippen molar-refractivity contribution in [3.63, 3.8) is 0 Å². The van der Waals surface area contributed by atoms with Crippen LogP contribution in [0.25, 0.3) is 0 Å². The lowest BCUT2D eigenvalue weighted by Gasteiger charge is -2.39. The lowest BCUT2D eigenvalue weighted by molar-refractivity contribution is 0.0631. The van der Waals surface area contributed by atoms with Crippen LogP contribution in [-0.2, 0) is 0 Å². The number of benzene rings is 1. The lowest BCUT2D eigenvalue weighted by Crippen LogP contribution is -2.41. The van der Waals surface area contributed by atoms with Gasteiger partial charge in [0.25, 0.3) is 0 Å². The number of nitrogen functional groups attached to an aromatic ring is 1. The summed E-state index contributed by atoms with van der Waals surface area (Å²) in [5.74, 6) is 0. The first kappa shape index (κ1) is 11.1. The summed E-state index contributed by atoms with van der Waals surface area (Å²) in [7, 11) is 0. The average Bonchev–Trinajstić information content (AvgIpc) is 2.58. The summed E-state index contributed by atoms with van der Waals surface area (Å²) in [5.41, 5.74) is 7.80. The molecule has 0 spiro atoms. The molecule has 3 N–H and O–H groups in total. The van der Waals surface area contributed by atoms with Crippen LogP contribution >= 0.6 is 0 Å². The zero-order chi connectivity index (χ0) is 11.8. The number of hydrogen-bond acceptors (Lipinski definition) is 3. The zero-order valence-electron chi connectivity index (χ0n) is 10.0. The van der Waals surface area contributed by atoms with Crippen LogP contribution in [0.15, 0.2) is 24.3 Å². The molecule has 3 heteroatoms. The molecule has 2 unspecified atom stereocenters. The van der Waals surface area contributed by atoms with E-state index in [0.717, 1.165) is 18.7 Å². The van der Waals surface area contributed by atoms with Crippen molar-refractivity contribution < 1.29 is 5.11 Å². The number of aliphatic hydroxyl groups excluding tert-OH is 1. The standard InChI is InChI=1S/C14H20N2O/c15-11-4-1-3-10(9-11)14-13(17)7-8-16(14)12-5-2-6-12/h1,3-4,9,12-14,17H,2,5-8,15H2. The van der Waals surface area contributed by atoms with E-state index in [2.05, 4.69) is 11.0 Å². The van der Waals surface area contributed by atoms with Gasteiger partial charge in [-0.1, -0.05) is 18.6 Å². The zero-order valence-corrected chi connectivity index (χ0v) is 10.0. The van der Waals surface area contributed by atoms with Gasteiger partial charge in [0.2, 0.25) is 0 Å². The fourth-order valence-electron chi connectivity index (χ4n) is 3.08. The second-order valence-corrected chi connectivity index (χ2v) is 5.29. The lowest BCUT2D eigenvalue weighted by atomic mass is 9.89. The highest BCUT2D eigenvalue weighted by atomic mass is 16.3. The van der Waals surface area contributed by atoms with E-state index in [0.29, 0.717) is 6.04 Å². The molecular weight excluding hydrogens is 212 g/mol. The Morgan fingerprint density at radius 3 is 2.71 bits per heavy atom. The van der Waals surface area contributed by atoms with Crippen molar-refractivity contribution in [1.29, 1.82) is 0 Å². The summed E-state index contributed by atoms with van der Waals surface area (Å²) in [6.45, 7) is 1.02. The van der Waals surface area contributed by atoms with Crippen LogP contribution in [0, 0.1) is 0 Å². The summed E-state index contributed by atoms with van der Waals surface area (Å²) < 4.78 is 0. The molecule has 17 heavy (non-hydrogen) atoms. The minimum absolute atomic E-state index is 0.156. The normalized spacial score (nSPS) is 30.4. The Balaban J connectivity index is 1.87. The van der Waals surface area contributed by atoms with Crippen molar-refractivity contribution in [3.8, 4) is 0 Å². The number of nitrogens with two attached hydrogens (primary N) is 1. The number of rotatable bonds is 2. The van der Waals surface area contributed by atoms with Crippen molar-refractivity contribution in [2.45, 2.75) is 43.9 Å². The molecule has 1 saturated heterocycles. The fourth-order valence-corrected chi connectivity index (χ4v) is 3.08. The molecule has 1 aliphatic heterocycles. The van der Waals surface area contributed by atoms with E-state index >= 15 is 0 Å². The topological polar surface area (TPSA) is 49.5 Å². The SMILES string of the molecule is Nc1cccc(C2C(O)CCN2C2CCC2)c1. The minimum Gasteiger partial charge on any atom is -0.399 e. The van der Waals surface area contributed by atoms with Gasteiger partial charge in [-0.05, 0) is 37.0 Å². The van der Waals surface area contributed by atoms with Crippen LogP contribution in [0.1, 0.15) is 37.3 Å².